The first kappa shape index (κ1) is 17.2. The number of fused-ring (bicyclic) bond motifs is 1. The maximum Gasteiger partial charge on any atom is 0.281 e. The molecule has 1 aliphatic rings. The highest BCUT2D eigenvalue weighted by Crippen LogP contribution is 2.23. The lowest BCUT2D eigenvalue weighted by Crippen LogP contribution is -2.38. The van der Waals surface area contributed by atoms with E-state index in [1.807, 2.05) is 11.0 Å². The van der Waals surface area contributed by atoms with Crippen LogP contribution in [0.25, 0.3) is 11.2 Å². The van der Waals surface area contributed by atoms with E-state index in [2.05, 4.69) is 20.3 Å². The van der Waals surface area contributed by atoms with Crippen molar-refractivity contribution in [1.29, 1.82) is 0 Å². The number of nitrogens with zero attached hydrogens (tertiary/aromatic N) is 5. The Bertz CT molecular complexity index is 1060. The quantitative estimate of drug-likeness (QED) is 0.740. The lowest BCUT2D eigenvalue weighted by molar-refractivity contribution is 0.0721. The van der Waals surface area contributed by atoms with Gasteiger partial charge < -0.3 is 14.6 Å². The number of methoxy groups -OCH3 is 1. The monoisotopic (exact) mass is 368 g/mol. The van der Waals surface area contributed by atoms with Crippen molar-refractivity contribution in [3.8, 4) is 5.75 Å². The van der Waals surface area contributed by atoms with E-state index in [4.69, 9.17) is 4.74 Å². The van der Waals surface area contributed by atoms with Crippen LogP contribution in [-0.2, 0) is 6.54 Å². The van der Waals surface area contributed by atoms with E-state index in [0.29, 0.717) is 35.9 Å². The number of H-pyrrole nitrogens is 1. The molecule has 1 aromatic carbocycles. The Morgan fingerprint density at radius 2 is 2.26 bits per heavy atom. The number of carbonyl (C=O) groups is 1. The summed E-state index contributed by atoms with van der Waals surface area (Å²) in [4.78, 5) is 33.8. The smallest absolute Gasteiger partial charge is 0.281 e. The highest BCUT2D eigenvalue weighted by Gasteiger charge is 2.30. The molecule has 1 N–H and O–H groups in total. The zero-order chi connectivity index (χ0) is 19.0. The Morgan fingerprint density at radius 3 is 3.07 bits per heavy atom. The second-order valence-electron chi connectivity index (χ2n) is 6.62. The van der Waals surface area contributed by atoms with Crippen molar-refractivity contribution in [3.05, 3.63) is 46.0 Å². The van der Waals surface area contributed by atoms with E-state index >= 15 is 0 Å². The fourth-order valence-electron chi connectivity index (χ4n) is 3.51. The predicted molar refractivity (Wildman–Crippen MR) is 97.7 cm³/mol. The van der Waals surface area contributed by atoms with Crippen LogP contribution in [0.3, 0.4) is 0 Å². The summed E-state index contributed by atoms with van der Waals surface area (Å²) in [6.07, 6.45) is 1.78. The fraction of sp³-hybridized carbons (Fsp3) is 0.389. The van der Waals surface area contributed by atoms with Gasteiger partial charge in [-0.15, -0.1) is 5.10 Å². The summed E-state index contributed by atoms with van der Waals surface area (Å²) in [6, 6.07) is 7.12. The Kier molecular flexibility index (Phi) is 4.35. The van der Waals surface area contributed by atoms with Gasteiger partial charge in [-0.3, -0.25) is 9.59 Å². The van der Waals surface area contributed by atoms with Gasteiger partial charge in [-0.2, -0.15) is 0 Å². The van der Waals surface area contributed by atoms with E-state index in [1.54, 1.807) is 36.9 Å². The highest BCUT2D eigenvalue weighted by atomic mass is 16.5. The first-order chi connectivity index (χ1) is 13.1. The second-order valence-corrected chi connectivity index (χ2v) is 6.62. The average Bonchev–Trinajstić information content (AvgIpc) is 3.29. The fourth-order valence-corrected chi connectivity index (χ4v) is 3.51. The van der Waals surface area contributed by atoms with Crippen molar-refractivity contribution < 1.29 is 9.53 Å². The van der Waals surface area contributed by atoms with Crippen molar-refractivity contribution in [3.63, 3.8) is 0 Å². The van der Waals surface area contributed by atoms with Gasteiger partial charge in [-0.1, -0.05) is 11.3 Å². The van der Waals surface area contributed by atoms with Gasteiger partial charge in [0, 0.05) is 12.1 Å². The summed E-state index contributed by atoms with van der Waals surface area (Å²) in [5.74, 6) is 1.12. The third-order valence-corrected chi connectivity index (χ3v) is 4.83. The number of aryl methyl sites for hydroxylation is 1. The van der Waals surface area contributed by atoms with Gasteiger partial charge in [0.2, 0.25) is 0 Å². The molecule has 3 aromatic rings. The summed E-state index contributed by atoms with van der Waals surface area (Å²) >= 11 is 0. The van der Waals surface area contributed by atoms with Gasteiger partial charge in [0.25, 0.3) is 11.5 Å². The number of nitrogens with one attached hydrogen (secondary N) is 1. The predicted octanol–water partition coefficient (Wildman–Crippen LogP) is 1.14. The standard InChI is InChI=1S/C18H20N6O3/c1-11-19-16-15(17(25)20-11)21-22-24(16)10-13-6-4-8-23(13)18(26)12-5-3-7-14(9-12)27-2/h3,5,7,9,13H,4,6,8,10H2,1-2H3,(H,19,20,25)/t13-/m1/s1. The molecule has 9 nitrogen and oxygen atoms in total. The van der Waals surface area contributed by atoms with E-state index in [-0.39, 0.29) is 23.0 Å². The third-order valence-electron chi connectivity index (χ3n) is 4.83. The molecule has 1 fully saturated rings. The van der Waals surface area contributed by atoms with Crippen LogP contribution in [0.5, 0.6) is 5.75 Å². The van der Waals surface area contributed by atoms with E-state index < -0.39 is 0 Å². The highest BCUT2D eigenvalue weighted by molar-refractivity contribution is 5.95. The van der Waals surface area contributed by atoms with Gasteiger partial charge >= 0.3 is 0 Å². The average molecular weight is 368 g/mol. The van der Waals surface area contributed by atoms with Gasteiger partial charge in [0.15, 0.2) is 11.2 Å². The summed E-state index contributed by atoms with van der Waals surface area (Å²) in [6.45, 7) is 2.84. The van der Waals surface area contributed by atoms with Gasteiger partial charge in [-0.05, 0) is 38.0 Å². The molecule has 9 heteroatoms. The SMILES string of the molecule is COc1cccc(C(=O)N2CCC[C@@H]2Cn2nnc3c(=O)[nH]c(C)nc32)c1. The van der Waals surface area contributed by atoms with E-state index in [0.717, 1.165) is 12.8 Å². The zero-order valence-corrected chi connectivity index (χ0v) is 15.2. The Morgan fingerprint density at radius 1 is 1.41 bits per heavy atom. The van der Waals surface area contributed by atoms with Gasteiger partial charge in [0.1, 0.15) is 11.6 Å². The van der Waals surface area contributed by atoms with Crippen molar-refractivity contribution in [2.75, 3.05) is 13.7 Å². The number of likely N-dealkylation sites (tertiary alicyclic amines) is 1. The summed E-state index contributed by atoms with van der Waals surface area (Å²) in [7, 11) is 1.58. The van der Waals surface area contributed by atoms with Crippen molar-refractivity contribution in [2.24, 2.45) is 0 Å². The van der Waals surface area contributed by atoms with Crippen LogP contribution < -0.4 is 10.3 Å². The number of aromatic amines is 1. The molecule has 0 aliphatic carbocycles. The molecule has 4 rings (SSSR count). The molecular weight excluding hydrogens is 348 g/mol. The van der Waals surface area contributed by atoms with Crippen molar-refractivity contribution in [1.82, 2.24) is 29.9 Å². The molecule has 1 amide bonds. The number of ether oxygens (including phenoxy) is 1. The van der Waals surface area contributed by atoms with E-state index in [9.17, 15) is 9.59 Å². The molecule has 0 saturated carbocycles. The van der Waals surface area contributed by atoms with Crippen molar-refractivity contribution in [2.45, 2.75) is 32.4 Å². The van der Waals surface area contributed by atoms with Crippen LogP contribution in [-0.4, -0.2) is 55.5 Å². The summed E-state index contributed by atoms with van der Waals surface area (Å²) in [5, 5.41) is 8.02. The number of benzene rings is 1. The van der Waals surface area contributed by atoms with Gasteiger partial charge in [-0.25, -0.2) is 9.67 Å². The molecule has 27 heavy (non-hydrogen) atoms. The third kappa shape index (κ3) is 3.16. The lowest BCUT2D eigenvalue weighted by Gasteiger charge is -2.24. The number of aromatic nitrogens is 5. The van der Waals surface area contributed by atoms with Crippen LogP contribution in [0, 0.1) is 6.92 Å². The molecule has 0 radical (unpaired) electrons. The minimum atomic E-state index is -0.306. The number of rotatable bonds is 4. The number of amides is 1. The lowest BCUT2D eigenvalue weighted by atomic mass is 10.1. The first-order valence-corrected chi connectivity index (χ1v) is 8.82. The molecule has 140 valence electrons. The second kappa shape index (κ2) is 6.82. The molecular formula is C18H20N6O3. The Hall–Kier alpha value is -3.23. The number of hydrogen-bond donors (Lipinski definition) is 1. The van der Waals surface area contributed by atoms with Crippen molar-refractivity contribution >= 4 is 17.1 Å². The molecule has 3 heterocycles. The van der Waals surface area contributed by atoms with Crippen LogP contribution in [0.4, 0.5) is 0 Å². The minimum absolute atomic E-state index is 0.0324. The molecule has 0 bridgehead atoms. The molecule has 1 saturated heterocycles. The molecule has 0 unspecified atom stereocenters. The molecule has 0 spiro atoms. The number of carbonyl (C=O) groups excluding carboxylic acids is 1. The van der Waals surface area contributed by atoms with Crippen LogP contribution in [0.1, 0.15) is 29.0 Å². The van der Waals surface area contributed by atoms with Crippen LogP contribution in [0.2, 0.25) is 0 Å². The summed E-state index contributed by atoms with van der Waals surface area (Å²) in [5.41, 5.74) is 0.941. The molecule has 2 aromatic heterocycles. The normalized spacial score (nSPS) is 16.8. The molecule has 1 aliphatic heterocycles. The maximum atomic E-state index is 13.0. The largest absolute Gasteiger partial charge is 0.497 e. The zero-order valence-electron chi connectivity index (χ0n) is 15.2. The molecule has 1 atom stereocenters. The Labute approximate surface area is 155 Å². The topological polar surface area (TPSA) is 106 Å². The Balaban J connectivity index is 1.60. The first-order valence-electron chi connectivity index (χ1n) is 8.82. The summed E-state index contributed by atoms with van der Waals surface area (Å²) < 4.78 is 6.83. The maximum absolute atomic E-state index is 13.0. The van der Waals surface area contributed by atoms with E-state index in [1.165, 1.54) is 0 Å². The van der Waals surface area contributed by atoms with Crippen LogP contribution in [0.15, 0.2) is 29.1 Å². The van der Waals surface area contributed by atoms with Crippen LogP contribution >= 0.6 is 0 Å². The minimum Gasteiger partial charge on any atom is -0.497 e. The number of hydrogen-bond acceptors (Lipinski definition) is 6. The van der Waals surface area contributed by atoms with Gasteiger partial charge in [0.05, 0.1) is 19.7 Å².